The predicted molar refractivity (Wildman–Crippen MR) is 90.1 cm³/mol. The lowest BCUT2D eigenvalue weighted by Gasteiger charge is -2.24. The zero-order chi connectivity index (χ0) is 17.6. The monoisotopic (exact) mass is 332 g/mol. The number of likely N-dealkylation sites (tertiary alicyclic amines) is 1. The largest absolute Gasteiger partial charge is 0.353 e. The van der Waals surface area contributed by atoms with E-state index in [1.165, 1.54) is 6.20 Å². The first kappa shape index (κ1) is 16.4. The molecule has 0 bridgehead atoms. The topological polar surface area (TPSA) is 106 Å². The van der Waals surface area contributed by atoms with Crippen LogP contribution in [0.15, 0.2) is 36.5 Å². The van der Waals surface area contributed by atoms with Crippen LogP contribution >= 0.6 is 0 Å². The Morgan fingerprint density at radius 3 is 2.44 bits per heavy atom. The van der Waals surface area contributed by atoms with Crippen molar-refractivity contribution in [2.45, 2.75) is 18.9 Å². The Kier molecular flexibility index (Phi) is 4.87. The van der Waals surface area contributed by atoms with Gasteiger partial charge in [0.05, 0.1) is 6.20 Å². The third-order valence-corrected chi connectivity index (χ3v) is 4.07. The average Bonchev–Trinajstić information content (AvgIpc) is 3.21. The van der Waals surface area contributed by atoms with Gasteiger partial charge in [0.25, 0.3) is 0 Å². The Balaban J connectivity index is 1.91. The molecule has 1 N–H and O–H groups in total. The van der Waals surface area contributed by atoms with Gasteiger partial charge >= 0.3 is 0 Å². The Bertz CT molecular complexity index is 846. The van der Waals surface area contributed by atoms with E-state index in [4.69, 9.17) is 10.5 Å². The normalized spacial score (nSPS) is 14.4. The quantitative estimate of drug-likeness (QED) is 0.918. The number of benzene rings is 1. The summed E-state index contributed by atoms with van der Waals surface area (Å²) in [5.41, 5.74) is 0.715. The molecule has 0 radical (unpaired) electrons. The van der Waals surface area contributed by atoms with Crippen molar-refractivity contribution in [3.63, 3.8) is 0 Å². The van der Waals surface area contributed by atoms with Gasteiger partial charge < -0.3 is 10.2 Å². The van der Waals surface area contributed by atoms with Gasteiger partial charge in [0.15, 0.2) is 11.4 Å². The van der Waals surface area contributed by atoms with E-state index in [9.17, 15) is 4.79 Å². The third kappa shape index (κ3) is 3.56. The van der Waals surface area contributed by atoms with Crippen LogP contribution in [0.2, 0.25) is 0 Å². The predicted octanol–water partition coefficient (Wildman–Crippen LogP) is 2.00. The van der Waals surface area contributed by atoms with Crippen LogP contribution < -0.4 is 5.32 Å². The molecule has 1 aliphatic heterocycles. The van der Waals surface area contributed by atoms with E-state index in [1.807, 2.05) is 47.4 Å². The highest BCUT2D eigenvalue weighted by Crippen LogP contribution is 2.23. The molecule has 0 spiro atoms. The van der Waals surface area contributed by atoms with Gasteiger partial charge in [-0.05, 0) is 18.4 Å². The van der Waals surface area contributed by atoms with E-state index in [0.717, 1.165) is 31.5 Å². The fourth-order valence-electron chi connectivity index (χ4n) is 2.82. The minimum absolute atomic E-state index is 0.0322. The second-order valence-corrected chi connectivity index (χ2v) is 5.70. The van der Waals surface area contributed by atoms with Crippen molar-refractivity contribution in [3.05, 3.63) is 53.5 Å². The van der Waals surface area contributed by atoms with Crippen LogP contribution in [0.4, 0.5) is 5.82 Å². The van der Waals surface area contributed by atoms with Crippen molar-refractivity contribution in [3.8, 4) is 12.1 Å². The first-order valence-electron chi connectivity index (χ1n) is 8.00. The number of hydrogen-bond donors (Lipinski definition) is 1. The summed E-state index contributed by atoms with van der Waals surface area (Å²) in [5, 5.41) is 21.1. The molecular formula is C18H16N6O. The molecule has 1 unspecified atom stereocenters. The number of nitrogens with one attached hydrogen (secondary N) is 1. The molecular weight excluding hydrogens is 316 g/mol. The van der Waals surface area contributed by atoms with Crippen molar-refractivity contribution >= 4 is 11.7 Å². The van der Waals surface area contributed by atoms with Crippen molar-refractivity contribution in [1.29, 1.82) is 10.5 Å². The van der Waals surface area contributed by atoms with Crippen LogP contribution in [0.3, 0.4) is 0 Å². The van der Waals surface area contributed by atoms with E-state index >= 15 is 0 Å². The average molecular weight is 332 g/mol. The maximum atomic E-state index is 12.9. The van der Waals surface area contributed by atoms with Crippen molar-refractivity contribution in [2.24, 2.45) is 0 Å². The number of hydrogen-bond acceptors (Lipinski definition) is 6. The molecule has 3 rings (SSSR count). The number of carbonyl (C=O) groups excluding carboxylic acids is 1. The molecule has 1 saturated heterocycles. The van der Waals surface area contributed by atoms with Gasteiger partial charge in [0.1, 0.15) is 24.0 Å². The molecule has 0 aliphatic carbocycles. The maximum absolute atomic E-state index is 12.9. The Labute approximate surface area is 145 Å². The van der Waals surface area contributed by atoms with Crippen LogP contribution in [0.1, 0.15) is 35.8 Å². The summed E-state index contributed by atoms with van der Waals surface area (Å²) in [6.45, 7) is 1.48. The summed E-state index contributed by atoms with van der Waals surface area (Å²) in [6.07, 6.45) is 3.37. The van der Waals surface area contributed by atoms with Crippen molar-refractivity contribution in [2.75, 3.05) is 18.4 Å². The van der Waals surface area contributed by atoms with Gasteiger partial charge in [-0.15, -0.1) is 0 Å². The lowest BCUT2D eigenvalue weighted by molar-refractivity contribution is -0.131. The lowest BCUT2D eigenvalue weighted by atomic mass is 10.1. The summed E-state index contributed by atoms with van der Waals surface area (Å²) in [4.78, 5) is 22.8. The summed E-state index contributed by atoms with van der Waals surface area (Å²) in [6, 6.07) is 12.4. The number of aromatic nitrogens is 2. The molecule has 7 nitrogen and oxygen atoms in total. The minimum Gasteiger partial charge on any atom is -0.353 e. The van der Waals surface area contributed by atoms with Gasteiger partial charge in [0, 0.05) is 13.1 Å². The number of amides is 1. The Hall–Kier alpha value is -3.45. The summed E-state index contributed by atoms with van der Waals surface area (Å²) in [7, 11) is 0. The van der Waals surface area contributed by atoms with Gasteiger partial charge in [-0.2, -0.15) is 10.5 Å². The first-order chi connectivity index (χ1) is 12.2. The number of nitriles is 2. The van der Waals surface area contributed by atoms with Crippen LogP contribution in [0, 0.1) is 22.7 Å². The van der Waals surface area contributed by atoms with Crippen molar-refractivity contribution < 1.29 is 4.79 Å². The summed E-state index contributed by atoms with van der Waals surface area (Å²) < 4.78 is 0. The van der Waals surface area contributed by atoms with Crippen LogP contribution in [-0.2, 0) is 4.79 Å². The molecule has 1 aromatic carbocycles. The second kappa shape index (κ2) is 7.41. The summed E-state index contributed by atoms with van der Waals surface area (Å²) in [5.74, 6) is 0.255. The van der Waals surface area contributed by atoms with Crippen LogP contribution in [0.5, 0.6) is 0 Å². The SMILES string of the molecule is N#Cc1ncc(NC(C(=O)N2CCCC2)c2ccccc2)nc1C#N. The van der Waals surface area contributed by atoms with E-state index in [-0.39, 0.29) is 23.1 Å². The van der Waals surface area contributed by atoms with E-state index in [2.05, 4.69) is 15.3 Å². The molecule has 1 amide bonds. The Morgan fingerprint density at radius 2 is 1.80 bits per heavy atom. The number of anilines is 1. The smallest absolute Gasteiger partial charge is 0.249 e. The van der Waals surface area contributed by atoms with Crippen molar-refractivity contribution in [1.82, 2.24) is 14.9 Å². The molecule has 0 saturated carbocycles. The molecule has 1 atom stereocenters. The number of rotatable bonds is 4. The highest BCUT2D eigenvalue weighted by Gasteiger charge is 2.28. The molecule has 1 aliphatic rings. The number of carbonyl (C=O) groups is 1. The fourth-order valence-corrected chi connectivity index (χ4v) is 2.82. The van der Waals surface area contributed by atoms with Crippen LogP contribution in [-0.4, -0.2) is 33.9 Å². The summed E-state index contributed by atoms with van der Waals surface area (Å²) >= 11 is 0. The van der Waals surface area contributed by atoms with E-state index < -0.39 is 6.04 Å². The molecule has 1 aromatic heterocycles. The Morgan fingerprint density at radius 1 is 1.12 bits per heavy atom. The van der Waals surface area contributed by atoms with Gasteiger partial charge in [-0.3, -0.25) is 4.79 Å². The molecule has 2 aromatic rings. The highest BCUT2D eigenvalue weighted by molar-refractivity contribution is 5.86. The maximum Gasteiger partial charge on any atom is 0.249 e. The molecule has 124 valence electrons. The second-order valence-electron chi connectivity index (χ2n) is 5.70. The molecule has 25 heavy (non-hydrogen) atoms. The van der Waals surface area contributed by atoms with E-state index in [0.29, 0.717) is 0 Å². The third-order valence-electron chi connectivity index (χ3n) is 4.07. The molecule has 7 heteroatoms. The molecule has 2 heterocycles. The zero-order valence-corrected chi connectivity index (χ0v) is 13.5. The highest BCUT2D eigenvalue weighted by atomic mass is 16.2. The van der Waals surface area contributed by atoms with Crippen LogP contribution in [0.25, 0.3) is 0 Å². The van der Waals surface area contributed by atoms with Gasteiger partial charge in [-0.25, -0.2) is 9.97 Å². The van der Waals surface area contributed by atoms with E-state index in [1.54, 1.807) is 0 Å². The minimum atomic E-state index is -0.618. The standard InChI is InChI=1S/C18H16N6O/c19-10-14-15(11-20)22-16(12-21-14)23-17(13-6-2-1-3-7-13)18(25)24-8-4-5-9-24/h1-3,6-7,12,17H,4-5,8-9H2,(H,22,23). The molecule has 1 fully saturated rings. The zero-order valence-electron chi connectivity index (χ0n) is 13.5. The first-order valence-corrected chi connectivity index (χ1v) is 8.00. The lowest BCUT2D eigenvalue weighted by Crippen LogP contribution is -2.36. The van der Waals surface area contributed by atoms with Gasteiger partial charge in [0.2, 0.25) is 5.91 Å². The fraction of sp³-hybridized carbons (Fsp3) is 0.278. The van der Waals surface area contributed by atoms with Gasteiger partial charge in [-0.1, -0.05) is 30.3 Å². The number of nitrogens with zero attached hydrogens (tertiary/aromatic N) is 5.